The summed E-state index contributed by atoms with van der Waals surface area (Å²) in [5.74, 6) is 3.60. The van der Waals surface area contributed by atoms with Crippen LogP contribution >= 0.6 is 0 Å². The lowest BCUT2D eigenvalue weighted by atomic mass is 9.81. The van der Waals surface area contributed by atoms with Crippen LogP contribution in [0.2, 0.25) is 0 Å². The van der Waals surface area contributed by atoms with E-state index in [0.717, 1.165) is 78.6 Å². The van der Waals surface area contributed by atoms with E-state index in [1.165, 1.54) is 77.5 Å². The van der Waals surface area contributed by atoms with Crippen molar-refractivity contribution in [1.29, 1.82) is 0 Å². The van der Waals surface area contributed by atoms with E-state index in [2.05, 4.69) is 256 Å². The summed E-state index contributed by atoms with van der Waals surface area (Å²) < 4.78 is 38.1. The first-order valence-corrected chi connectivity index (χ1v) is 44.5. The molecule has 0 bridgehead atoms. The van der Waals surface area contributed by atoms with Crippen LogP contribution in [0.3, 0.4) is 0 Å². The van der Waals surface area contributed by atoms with Gasteiger partial charge in [0.15, 0.2) is 5.78 Å². The fourth-order valence-electron chi connectivity index (χ4n) is 11.0. The molecule has 0 amide bonds. The number of hydrogen-bond donors (Lipinski definition) is 0. The predicted molar refractivity (Wildman–Crippen MR) is 554 cm³/mol. The molecule has 674 valence electrons. The summed E-state index contributed by atoms with van der Waals surface area (Å²) in [6.07, 6.45) is 0. The minimum Gasteiger partial charge on any atom is -0.457 e. The van der Waals surface area contributed by atoms with E-state index in [0.29, 0.717) is 9.79 Å². The summed E-state index contributed by atoms with van der Waals surface area (Å²) in [7, 11) is -3.42. The van der Waals surface area contributed by atoms with Crippen LogP contribution in [-0.2, 0) is 20.7 Å². The van der Waals surface area contributed by atoms with Gasteiger partial charge in [-0.2, -0.15) is 0 Å². The molecule has 0 radical (unpaired) electrons. The van der Waals surface area contributed by atoms with Gasteiger partial charge in [-0.05, 0) is 305 Å². The maximum Gasteiger partial charge on any atom is 0.206 e. The topological polar surface area (TPSA) is 69.7 Å². The summed E-state index contributed by atoms with van der Waals surface area (Å²) in [5.41, 5.74) is 25.6. The molecule has 0 N–H and O–H groups in total. The third-order valence-electron chi connectivity index (χ3n) is 18.9. The minimum atomic E-state index is -3.42. The molecule has 0 heterocycles. The van der Waals surface area contributed by atoms with Crippen molar-refractivity contribution in [2.45, 2.75) is 321 Å². The number of hydrogen-bond acceptors (Lipinski definition) is 5. The molecule has 0 atom stereocenters. The van der Waals surface area contributed by atoms with Gasteiger partial charge in [-0.3, -0.25) is 4.79 Å². The van der Waals surface area contributed by atoms with Gasteiger partial charge in [0, 0.05) is 22.3 Å². The minimum absolute atomic E-state index is 0. The van der Waals surface area contributed by atoms with Crippen LogP contribution in [0.15, 0.2) is 252 Å². The molecule has 0 saturated carbocycles. The van der Waals surface area contributed by atoms with Gasteiger partial charge >= 0.3 is 0 Å². The highest BCUT2D eigenvalue weighted by atomic mass is 32.2. The highest BCUT2D eigenvalue weighted by Crippen LogP contribution is 2.44. The number of rotatable bonds is 9. The highest BCUT2D eigenvalue weighted by molar-refractivity contribution is 7.91. The number of carbonyl (C=O) groups excluding carboxylic acids is 1. The first kappa shape index (κ1) is 125. The Balaban J connectivity index is -0.000000259. The Morgan fingerprint density at radius 1 is 0.238 bits per heavy atom. The number of aryl methyl sites for hydroxylation is 16. The quantitative estimate of drug-likeness (QED) is 0.135. The summed E-state index contributed by atoms with van der Waals surface area (Å²) in [6, 6.07) is 81.1. The fourth-order valence-corrected chi connectivity index (χ4v) is 12.5. The smallest absolute Gasteiger partial charge is 0.206 e. The Hall–Kier alpha value is -9.88. The molecule has 12 rings (SSSR count). The zero-order chi connectivity index (χ0) is 90.1. The maximum atomic E-state index is 12.6. The van der Waals surface area contributed by atoms with Crippen LogP contribution in [0.4, 0.5) is 0 Å². The highest BCUT2D eigenvalue weighted by Gasteiger charge is 2.28. The van der Waals surface area contributed by atoms with Gasteiger partial charge in [-0.25, -0.2) is 8.42 Å². The predicted octanol–water partition coefficient (Wildman–Crippen LogP) is 37.5. The average Bonchev–Trinajstić information content (AvgIpc) is 0.772. The van der Waals surface area contributed by atoms with Crippen LogP contribution < -0.4 is 9.47 Å². The van der Waals surface area contributed by atoms with Crippen molar-refractivity contribution >= 4 is 26.4 Å². The third kappa shape index (κ3) is 41.3. The molecule has 0 saturated heterocycles. The summed E-state index contributed by atoms with van der Waals surface area (Å²) in [4.78, 5) is 13.1. The van der Waals surface area contributed by atoms with Gasteiger partial charge in [-0.15, -0.1) is 0 Å². The normalized spacial score (nSPS) is 9.49. The van der Waals surface area contributed by atoms with Gasteiger partial charge in [0.1, 0.15) is 23.0 Å². The Morgan fingerprint density at radius 3 is 0.680 bits per heavy atom. The monoisotopic (exact) mass is 1680 g/mol. The van der Waals surface area contributed by atoms with Crippen LogP contribution in [0.25, 0.3) is 21.9 Å². The van der Waals surface area contributed by atoms with Crippen molar-refractivity contribution in [3.8, 4) is 34.1 Å². The van der Waals surface area contributed by atoms with Crippen molar-refractivity contribution in [2.75, 3.05) is 0 Å². The first-order valence-electron chi connectivity index (χ1n) is 43.0. The zero-order valence-electron chi connectivity index (χ0n) is 80.0. The van der Waals surface area contributed by atoms with Crippen molar-refractivity contribution in [3.05, 3.63) is 354 Å². The van der Waals surface area contributed by atoms with E-state index in [4.69, 9.17) is 9.47 Å². The van der Waals surface area contributed by atoms with Crippen molar-refractivity contribution in [3.63, 3.8) is 0 Å². The molecule has 0 aliphatic heterocycles. The number of ketones is 1. The van der Waals surface area contributed by atoms with Crippen LogP contribution in [0.5, 0.6) is 23.0 Å². The second-order valence-electron chi connectivity index (χ2n) is 29.1. The van der Waals surface area contributed by atoms with Crippen LogP contribution in [-0.4, -0.2) is 14.2 Å². The Labute approximate surface area is 753 Å². The second-order valence-corrected chi connectivity index (χ2v) is 31.0. The van der Waals surface area contributed by atoms with Gasteiger partial charge in [-0.1, -0.05) is 359 Å². The van der Waals surface area contributed by atoms with Crippen molar-refractivity contribution in [2.24, 2.45) is 0 Å². The fraction of sp³-hybridized carbons (Fsp3) is 0.388. The second kappa shape index (κ2) is 65.8. The number of benzene rings is 12. The number of fused-ring (bicyclic) bond motifs is 1. The van der Waals surface area contributed by atoms with Gasteiger partial charge in [0.25, 0.3) is 0 Å². The third-order valence-corrected chi connectivity index (χ3v) is 20.6. The molecule has 5 nitrogen and oxygen atoms in total. The van der Waals surface area contributed by atoms with Gasteiger partial charge in [0.2, 0.25) is 9.84 Å². The summed E-state index contributed by atoms with van der Waals surface area (Å²) >= 11 is 0. The van der Waals surface area contributed by atoms with Gasteiger partial charge < -0.3 is 9.47 Å². The Bertz CT molecular complexity index is 4570. The Kier molecular flexibility index (Phi) is 67.6. The summed E-state index contributed by atoms with van der Waals surface area (Å²) in [5, 5.41) is 2.62. The molecular weight excluding hydrogens is 1510 g/mol. The average molecular weight is 1680 g/mol. The molecule has 0 aliphatic rings. The SMILES string of the molecule is C.C.C.C.C.CC.CC.CC.CC.CC.CC.CC.CC.Cc1cc(C)c(C)cc1C.Cc1ccc(C(=O)c2ccc(C)c(C)c2)cc1C.Cc1ccc(Oc2cc(C(C)(C)C)c(Oc3ccc(C)c(C)c3)cc2C(C)(C)C)cc1C.Cc1ccc(S(=O)(=O)c2ccc(C)c(C)c2)cc1C.c1ccc(-c2ccccc2)cc1.c1ccc2ccccc2c1. The number of carbonyl (C=O) groups is 1. The molecule has 0 fully saturated rings. The largest absolute Gasteiger partial charge is 0.457 e. The lowest BCUT2D eigenvalue weighted by Gasteiger charge is -2.29. The van der Waals surface area contributed by atoms with E-state index in [1.54, 1.807) is 24.3 Å². The van der Waals surface area contributed by atoms with Gasteiger partial charge in [0.05, 0.1) is 9.79 Å². The zero-order valence-corrected chi connectivity index (χ0v) is 80.9. The molecule has 122 heavy (non-hydrogen) atoms. The van der Waals surface area contributed by atoms with E-state index in [9.17, 15) is 13.2 Å². The van der Waals surface area contributed by atoms with E-state index in [-0.39, 0.29) is 53.7 Å². The van der Waals surface area contributed by atoms with Crippen molar-refractivity contribution < 1.29 is 22.7 Å². The molecule has 0 unspecified atom stereocenters. The molecule has 0 aromatic heterocycles. The van der Waals surface area contributed by atoms with Crippen molar-refractivity contribution in [1.82, 2.24) is 0 Å². The first-order chi connectivity index (χ1) is 55.6. The van der Waals surface area contributed by atoms with Crippen LogP contribution in [0, 0.1) is 111 Å². The molecule has 0 aliphatic carbocycles. The lowest BCUT2D eigenvalue weighted by Crippen LogP contribution is -2.17. The molecule has 12 aromatic rings. The molecule has 6 heteroatoms. The van der Waals surface area contributed by atoms with E-state index in [1.807, 2.05) is 225 Å². The summed E-state index contributed by atoms with van der Waals surface area (Å²) in [6.45, 7) is 78.4. The number of sulfone groups is 1. The standard InChI is InChI=1S/C30H38O2.C17H18O.C16H18O2S.C12H10.C10H8.C10H14.8C2H6.5CH4/c1-19-11-13-23(15-21(19)3)31-27-17-26(30(8,9)10)28(18-25(27)29(5,6)7)32-24-14-12-20(2)22(4)16-24;1-11-5-7-15(9-13(11)3)17(18)16-8-6-12(2)14(4)10-16;1-11-5-7-15(9-13(11)3)19(17,18)16-8-6-12(2)14(4)10-16;1-3-7-11(8-4-1)12-9-5-2-6-10-12;1-2-6-10-8-4-3-7-9(10)5-1;1-7-5-9(3)10(4)6-8(7)2;8*1-2;;;;;/h11-18H,1-10H3;5-10H,1-4H3;5-10H,1-4H3;1-10H;1-8H;5-6H,1-4H3;8*1-2H3;5*1H4. The lowest BCUT2D eigenvalue weighted by molar-refractivity contribution is 0.103. The maximum absolute atomic E-state index is 12.6. The molecule has 0 spiro atoms. The van der Waals surface area contributed by atoms with Crippen LogP contribution in [0.1, 0.15) is 306 Å². The van der Waals surface area contributed by atoms with E-state index < -0.39 is 9.84 Å². The Morgan fingerprint density at radius 2 is 0.451 bits per heavy atom. The van der Waals surface area contributed by atoms with E-state index >= 15 is 0 Å². The molecular formula is C116H174O5S. The molecule has 12 aromatic carbocycles. The number of ether oxygens (including phenoxy) is 2.